The standard InChI is InChI=1S/C51H87O6P3/c1-49(2,58(52)46-28-16-10-22-40(46)37-19-7-13-25-43(37)55-58)34-31-35(50(3,4)59(53)47-29-17-11-23-41(47)38-20-8-14-26-44(38)56-59)33-36(32-34)51(5,6)60(54)48-30-18-12-24-42(48)39-21-9-15-27-45(39)57-60/h34-48H,7-33H2,1-6H3. The first kappa shape index (κ1) is 44.4. The second-order valence-corrected chi connectivity index (χ2v) is 34.5. The van der Waals surface area contributed by atoms with Crippen LogP contribution in [0.4, 0.5) is 0 Å². The van der Waals surface area contributed by atoms with Crippen LogP contribution in [0, 0.1) is 53.3 Å². The van der Waals surface area contributed by atoms with E-state index in [-0.39, 0.29) is 53.0 Å². The molecule has 0 aromatic heterocycles. The van der Waals surface area contributed by atoms with Crippen molar-refractivity contribution in [1.82, 2.24) is 0 Å². The zero-order chi connectivity index (χ0) is 41.9. The fourth-order valence-electron chi connectivity index (χ4n) is 17.8. The lowest BCUT2D eigenvalue weighted by atomic mass is 9.64. The Bertz CT molecular complexity index is 1520. The molecule has 15 unspecified atom stereocenters. The van der Waals surface area contributed by atoms with E-state index >= 15 is 13.7 Å². The van der Waals surface area contributed by atoms with Gasteiger partial charge in [-0.3, -0.25) is 13.7 Å². The van der Waals surface area contributed by atoms with Crippen LogP contribution >= 0.6 is 22.1 Å². The van der Waals surface area contributed by atoms with Crippen LogP contribution in [-0.2, 0) is 27.3 Å². The monoisotopic (exact) mass is 889 g/mol. The second-order valence-electron chi connectivity index (χ2n) is 24.9. The first-order valence-electron chi connectivity index (χ1n) is 26.5. The van der Waals surface area contributed by atoms with Gasteiger partial charge in [0.05, 0.1) is 18.3 Å². The Kier molecular flexibility index (Phi) is 12.2. The lowest BCUT2D eigenvalue weighted by molar-refractivity contribution is -0.0000328. The number of rotatable bonds is 6. The summed E-state index contributed by atoms with van der Waals surface area (Å²) in [5.74, 6) is 3.60. The van der Waals surface area contributed by atoms with E-state index < -0.39 is 37.6 Å². The Labute approximate surface area is 366 Å². The summed E-state index contributed by atoms with van der Waals surface area (Å²) in [6.07, 6.45) is 31.4. The fraction of sp³-hybridized carbons (Fsp3) is 1.00. The summed E-state index contributed by atoms with van der Waals surface area (Å²) in [5, 5.41) is -1.61. The van der Waals surface area contributed by atoms with Gasteiger partial charge in [0.2, 0.25) is 22.1 Å². The van der Waals surface area contributed by atoms with Gasteiger partial charge in [0.15, 0.2) is 0 Å². The van der Waals surface area contributed by atoms with Gasteiger partial charge in [-0.25, -0.2) is 0 Å². The van der Waals surface area contributed by atoms with E-state index in [0.29, 0.717) is 35.5 Å². The molecule has 0 aromatic carbocycles. The molecule has 0 aromatic rings. The SMILES string of the molecule is CC(C)(C1CC(C(C)(C)P2(=O)OC3CCCCC3C3CCCCC32)CC(C(C)(C)P2(=O)OC3CCCCC3C3CCCCC32)C1)P1(=O)OC2CCCCC2C2CCCCC21. The van der Waals surface area contributed by atoms with Gasteiger partial charge in [0, 0.05) is 32.4 Å². The average Bonchev–Trinajstić information content (AvgIpc) is 3.26. The number of hydrogen-bond donors (Lipinski definition) is 0. The molecular formula is C51H87O6P3. The Morgan fingerprint density at radius 3 is 0.800 bits per heavy atom. The molecule has 0 radical (unpaired) electrons. The van der Waals surface area contributed by atoms with Gasteiger partial charge in [-0.2, -0.15) is 0 Å². The van der Waals surface area contributed by atoms with E-state index in [4.69, 9.17) is 13.6 Å². The second kappa shape index (κ2) is 16.4. The molecule has 0 bridgehead atoms. The van der Waals surface area contributed by atoms with E-state index in [0.717, 1.165) is 77.0 Å². The van der Waals surface area contributed by atoms with Crippen LogP contribution in [0.5, 0.6) is 0 Å². The Morgan fingerprint density at radius 2 is 0.533 bits per heavy atom. The maximum atomic E-state index is 16.5. The van der Waals surface area contributed by atoms with E-state index in [1.54, 1.807) is 0 Å². The first-order valence-corrected chi connectivity index (χ1v) is 31.5. The normalized spacial score (nSPS) is 51.4. The van der Waals surface area contributed by atoms with Crippen LogP contribution in [-0.4, -0.2) is 50.8 Å². The highest BCUT2D eigenvalue weighted by Gasteiger charge is 2.67. The van der Waals surface area contributed by atoms with Crippen LogP contribution in [0.25, 0.3) is 0 Å². The zero-order valence-corrected chi connectivity index (χ0v) is 41.7. The number of fused-ring (bicyclic) bond motifs is 9. The van der Waals surface area contributed by atoms with Crippen molar-refractivity contribution in [3.8, 4) is 0 Å². The molecule has 0 N–H and O–H groups in total. The zero-order valence-electron chi connectivity index (χ0n) is 39.0. The van der Waals surface area contributed by atoms with Crippen molar-refractivity contribution in [2.45, 2.75) is 266 Å². The molecule has 10 rings (SSSR count). The number of hydrogen-bond acceptors (Lipinski definition) is 6. The summed E-state index contributed by atoms with van der Waals surface area (Å²) in [7, 11) is -9.45. The molecule has 6 nitrogen and oxygen atoms in total. The molecule has 7 aliphatic carbocycles. The maximum Gasteiger partial charge on any atom is 0.212 e. The van der Waals surface area contributed by atoms with Crippen LogP contribution in [0.2, 0.25) is 0 Å². The van der Waals surface area contributed by atoms with Gasteiger partial charge in [-0.15, -0.1) is 0 Å². The van der Waals surface area contributed by atoms with Crippen molar-refractivity contribution in [3.05, 3.63) is 0 Å². The summed E-state index contributed by atoms with van der Waals surface area (Å²) in [6.45, 7) is 14.2. The van der Waals surface area contributed by atoms with Crippen LogP contribution in [0.3, 0.4) is 0 Å². The summed E-state index contributed by atoms with van der Waals surface area (Å²) < 4.78 is 71.6. The topological polar surface area (TPSA) is 78.9 Å². The van der Waals surface area contributed by atoms with Gasteiger partial charge in [0.1, 0.15) is 0 Å². The molecule has 0 amide bonds. The molecule has 0 spiro atoms. The van der Waals surface area contributed by atoms with Gasteiger partial charge in [-0.1, -0.05) is 119 Å². The highest BCUT2D eigenvalue weighted by Crippen LogP contribution is 2.81. The summed E-state index contributed by atoms with van der Waals surface area (Å²) in [6, 6.07) is 0. The van der Waals surface area contributed by atoms with Crippen molar-refractivity contribution >= 4 is 22.1 Å². The molecular weight excluding hydrogens is 801 g/mol. The Hall–Kier alpha value is 0.570. The molecule has 10 fully saturated rings. The fourth-order valence-corrected chi connectivity index (χ4v) is 30.0. The highest BCUT2D eigenvalue weighted by molar-refractivity contribution is 7.62. The molecule has 10 aliphatic rings. The highest BCUT2D eigenvalue weighted by atomic mass is 31.2. The third kappa shape index (κ3) is 6.83. The van der Waals surface area contributed by atoms with Crippen LogP contribution < -0.4 is 0 Å². The summed E-state index contributed by atoms with van der Waals surface area (Å²) in [4.78, 5) is 0. The van der Waals surface area contributed by atoms with E-state index in [1.807, 2.05) is 0 Å². The molecule has 3 saturated heterocycles. The third-order valence-electron chi connectivity index (χ3n) is 21.6. The largest absolute Gasteiger partial charge is 0.324 e. The predicted molar refractivity (Wildman–Crippen MR) is 247 cm³/mol. The van der Waals surface area contributed by atoms with Crippen molar-refractivity contribution in [1.29, 1.82) is 0 Å². The first-order chi connectivity index (χ1) is 28.6. The Balaban J connectivity index is 1.05. The maximum absolute atomic E-state index is 16.5. The lowest BCUT2D eigenvalue weighted by Gasteiger charge is -2.61. The Morgan fingerprint density at radius 1 is 0.317 bits per heavy atom. The predicted octanol–water partition coefficient (Wildman–Crippen LogP) is 15.6. The van der Waals surface area contributed by atoms with Crippen molar-refractivity contribution in [2.24, 2.45) is 53.3 Å². The third-order valence-corrected chi connectivity index (χ3v) is 33.8. The van der Waals surface area contributed by atoms with Crippen molar-refractivity contribution < 1.29 is 27.3 Å². The molecule has 3 aliphatic heterocycles. The minimum Gasteiger partial charge on any atom is -0.324 e. The van der Waals surface area contributed by atoms with Crippen LogP contribution in [0.15, 0.2) is 0 Å². The molecule has 7 saturated carbocycles. The van der Waals surface area contributed by atoms with Gasteiger partial charge in [-0.05, 0) is 150 Å². The van der Waals surface area contributed by atoms with Crippen molar-refractivity contribution in [3.63, 3.8) is 0 Å². The molecule has 9 heteroatoms. The average molecular weight is 889 g/mol. The van der Waals surface area contributed by atoms with Crippen LogP contribution in [0.1, 0.15) is 215 Å². The molecule has 15 atom stereocenters. The van der Waals surface area contributed by atoms with Gasteiger partial charge in [0.25, 0.3) is 0 Å². The molecule has 3 heterocycles. The molecule has 342 valence electrons. The van der Waals surface area contributed by atoms with Gasteiger partial charge >= 0.3 is 0 Å². The smallest absolute Gasteiger partial charge is 0.212 e. The summed E-state index contributed by atoms with van der Waals surface area (Å²) in [5.41, 5.74) is 0.453. The van der Waals surface area contributed by atoms with E-state index in [9.17, 15) is 0 Å². The summed E-state index contributed by atoms with van der Waals surface area (Å²) >= 11 is 0. The van der Waals surface area contributed by atoms with E-state index in [1.165, 1.54) is 96.3 Å². The molecule has 60 heavy (non-hydrogen) atoms. The van der Waals surface area contributed by atoms with E-state index in [2.05, 4.69) is 41.5 Å². The lowest BCUT2D eigenvalue weighted by Crippen LogP contribution is -2.55. The van der Waals surface area contributed by atoms with Crippen molar-refractivity contribution in [2.75, 3.05) is 0 Å². The van der Waals surface area contributed by atoms with Gasteiger partial charge < -0.3 is 13.6 Å². The minimum absolute atomic E-state index is 0.121. The quantitative estimate of drug-likeness (QED) is 0.247. The minimum atomic E-state index is -3.15.